The zero-order valence-electron chi connectivity index (χ0n) is 11.4. The largest absolute Gasteiger partial charge is 0.345 e. The van der Waals surface area contributed by atoms with Gasteiger partial charge in [-0.15, -0.1) is 0 Å². The second-order valence-electron chi connectivity index (χ2n) is 6.42. The van der Waals surface area contributed by atoms with Crippen LogP contribution >= 0.6 is 0 Å². The zero-order valence-corrected chi connectivity index (χ0v) is 11.4. The standard InChI is InChI=1S/C15H22O3/c1-9-4-6-12-10(2)5-7-13-11(3)14(16)17-18-15(12,13)8-9/h8,10-13H,4-7H2,1-3H3/t10-,11-,12+,13?,15-/m1/s1. The van der Waals surface area contributed by atoms with Crippen molar-refractivity contribution in [1.82, 2.24) is 0 Å². The fraction of sp³-hybridized carbons (Fsp3) is 0.800. The van der Waals surface area contributed by atoms with Gasteiger partial charge in [-0.25, -0.2) is 4.79 Å². The maximum Gasteiger partial charge on any atom is 0.345 e. The summed E-state index contributed by atoms with van der Waals surface area (Å²) in [6.45, 7) is 6.45. The third-order valence-corrected chi connectivity index (χ3v) is 5.34. The molecule has 3 nitrogen and oxygen atoms in total. The quantitative estimate of drug-likeness (QED) is 0.489. The van der Waals surface area contributed by atoms with Gasteiger partial charge in [0, 0.05) is 5.92 Å². The first-order valence-corrected chi connectivity index (χ1v) is 7.12. The summed E-state index contributed by atoms with van der Waals surface area (Å²) >= 11 is 0. The molecule has 0 aromatic rings. The summed E-state index contributed by atoms with van der Waals surface area (Å²) in [5, 5.41) is 0. The van der Waals surface area contributed by atoms with Crippen molar-refractivity contribution in [1.29, 1.82) is 0 Å². The summed E-state index contributed by atoms with van der Waals surface area (Å²) in [4.78, 5) is 22.4. The van der Waals surface area contributed by atoms with Crippen molar-refractivity contribution in [3.8, 4) is 0 Å². The average Bonchev–Trinajstić information content (AvgIpc) is 2.34. The Balaban J connectivity index is 2.04. The van der Waals surface area contributed by atoms with Crippen molar-refractivity contribution in [3.05, 3.63) is 11.6 Å². The Labute approximate surface area is 108 Å². The molecule has 1 saturated heterocycles. The molecule has 1 unspecified atom stereocenters. The van der Waals surface area contributed by atoms with Crippen LogP contribution in [0.25, 0.3) is 0 Å². The minimum Gasteiger partial charge on any atom is -0.297 e. The highest BCUT2D eigenvalue weighted by Gasteiger charge is 2.58. The van der Waals surface area contributed by atoms with E-state index in [0.717, 1.165) is 19.3 Å². The number of hydrogen-bond acceptors (Lipinski definition) is 3. The van der Waals surface area contributed by atoms with E-state index >= 15 is 0 Å². The lowest BCUT2D eigenvalue weighted by molar-refractivity contribution is -0.380. The van der Waals surface area contributed by atoms with Gasteiger partial charge in [0.15, 0.2) is 0 Å². The van der Waals surface area contributed by atoms with Gasteiger partial charge in [0.2, 0.25) is 0 Å². The van der Waals surface area contributed by atoms with Gasteiger partial charge in [0.25, 0.3) is 0 Å². The van der Waals surface area contributed by atoms with Gasteiger partial charge in [0.05, 0.1) is 5.92 Å². The lowest BCUT2D eigenvalue weighted by Crippen LogP contribution is -2.59. The number of hydrogen-bond donors (Lipinski definition) is 0. The van der Waals surface area contributed by atoms with Crippen LogP contribution < -0.4 is 0 Å². The molecule has 1 aliphatic heterocycles. The van der Waals surface area contributed by atoms with E-state index in [1.54, 1.807) is 0 Å². The minimum atomic E-state index is -0.340. The van der Waals surface area contributed by atoms with E-state index in [-0.39, 0.29) is 23.4 Å². The molecule has 3 heteroatoms. The highest BCUT2D eigenvalue weighted by molar-refractivity contribution is 5.72. The Morgan fingerprint density at radius 1 is 1.22 bits per heavy atom. The van der Waals surface area contributed by atoms with Crippen molar-refractivity contribution in [2.24, 2.45) is 23.7 Å². The highest BCUT2D eigenvalue weighted by Crippen LogP contribution is 2.54. The molecule has 0 N–H and O–H groups in total. The molecule has 2 aliphatic carbocycles. The lowest BCUT2D eigenvalue weighted by atomic mass is 9.57. The van der Waals surface area contributed by atoms with Gasteiger partial charge < -0.3 is 0 Å². The minimum absolute atomic E-state index is 0.0455. The van der Waals surface area contributed by atoms with Crippen molar-refractivity contribution >= 4 is 5.97 Å². The highest BCUT2D eigenvalue weighted by atomic mass is 17.2. The van der Waals surface area contributed by atoms with Crippen molar-refractivity contribution in [2.45, 2.75) is 52.1 Å². The molecule has 5 atom stereocenters. The fourth-order valence-electron chi connectivity index (χ4n) is 4.30. The Bertz CT molecular complexity index is 401. The van der Waals surface area contributed by atoms with Crippen LogP contribution in [0, 0.1) is 23.7 Å². The second kappa shape index (κ2) is 4.09. The van der Waals surface area contributed by atoms with E-state index in [1.807, 2.05) is 6.92 Å². The zero-order chi connectivity index (χ0) is 12.9. The average molecular weight is 250 g/mol. The summed E-state index contributed by atoms with van der Waals surface area (Å²) < 4.78 is 0. The molecule has 0 radical (unpaired) electrons. The predicted molar refractivity (Wildman–Crippen MR) is 67.4 cm³/mol. The third-order valence-electron chi connectivity index (χ3n) is 5.34. The van der Waals surface area contributed by atoms with E-state index < -0.39 is 0 Å². The van der Waals surface area contributed by atoms with Gasteiger partial charge >= 0.3 is 5.97 Å². The Morgan fingerprint density at radius 2 is 2.00 bits per heavy atom. The SMILES string of the molecule is CC1=C[C@]23OOC(=O)[C@H](C)C2CC[C@@H](C)[C@@H]3CC1. The first-order chi connectivity index (χ1) is 8.54. The number of carbonyl (C=O) groups excluding carboxylic acids is 1. The summed E-state index contributed by atoms with van der Waals surface area (Å²) in [5.74, 6) is 1.19. The molecule has 0 bridgehead atoms. The molecule has 100 valence electrons. The molecule has 2 fully saturated rings. The van der Waals surface area contributed by atoms with Gasteiger partial charge in [-0.2, -0.15) is 4.89 Å². The van der Waals surface area contributed by atoms with Crippen LogP contribution in [0.2, 0.25) is 0 Å². The van der Waals surface area contributed by atoms with Crippen LogP contribution in [0.1, 0.15) is 46.5 Å². The molecule has 1 spiro atoms. The lowest BCUT2D eigenvalue weighted by Gasteiger charge is -2.54. The van der Waals surface area contributed by atoms with Crippen LogP contribution in [0.4, 0.5) is 0 Å². The molecular weight excluding hydrogens is 228 g/mol. The molecular formula is C15H22O3. The molecule has 1 heterocycles. The molecule has 0 aromatic heterocycles. The third kappa shape index (κ3) is 1.56. The number of allylic oxidation sites excluding steroid dienone is 1. The molecule has 0 aromatic carbocycles. The van der Waals surface area contributed by atoms with Crippen LogP contribution in [0.5, 0.6) is 0 Å². The van der Waals surface area contributed by atoms with Crippen LogP contribution in [-0.4, -0.2) is 11.6 Å². The van der Waals surface area contributed by atoms with E-state index in [0.29, 0.717) is 11.8 Å². The van der Waals surface area contributed by atoms with E-state index in [2.05, 4.69) is 19.9 Å². The normalized spacial score (nSPS) is 47.7. The van der Waals surface area contributed by atoms with Gasteiger partial charge in [-0.1, -0.05) is 19.4 Å². The molecule has 1 saturated carbocycles. The Kier molecular flexibility index (Phi) is 2.77. The molecule has 0 amide bonds. The smallest absolute Gasteiger partial charge is 0.297 e. The fourth-order valence-corrected chi connectivity index (χ4v) is 4.30. The summed E-state index contributed by atoms with van der Waals surface area (Å²) in [6, 6.07) is 0. The molecule has 3 aliphatic rings. The topological polar surface area (TPSA) is 35.5 Å². The van der Waals surface area contributed by atoms with E-state index in [9.17, 15) is 4.79 Å². The first kappa shape index (κ1) is 12.2. The van der Waals surface area contributed by atoms with E-state index in [4.69, 9.17) is 9.78 Å². The number of rotatable bonds is 0. The van der Waals surface area contributed by atoms with Gasteiger partial charge in [-0.05, 0) is 50.5 Å². The monoisotopic (exact) mass is 250 g/mol. The molecule has 18 heavy (non-hydrogen) atoms. The summed E-state index contributed by atoms with van der Waals surface area (Å²) in [5.41, 5.74) is 1.03. The summed E-state index contributed by atoms with van der Waals surface area (Å²) in [6.07, 6.45) is 6.83. The Morgan fingerprint density at radius 3 is 2.78 bits per heavy atom. The van der Waals surface area contributed by atoms with E-state index in [1.165, 1.54) is 12.0 Å². The first-order valence-electron chi connectivity index (χ1n) is 7.12. The van der Waals surface area contributed by atoms with Gasteiger partial charge in [0.1, 0.15) is 5.60 Å². The Hall–Kier alpha value is -0.830. The van der Waals surface area contributed by atoms with Crippen molar-refractivity contribution in [2.75, 3.05) is 0 Å². The van der Waals surface area contributed by atoms with Crippen LogP contribution in [-0.2, 0) is 14.6 Å². The van der Waals surface area contributed by atoms with Crippen molar-refractivity contribution < 1.29 is 14.6 Å². The maximum atomic E-state index is 11.7. The van der Waals surface area contributed by atoms with Crippen LogP contribution in [0.15, 0.2) is 11.6 Å². The predicted octanol–water partition coefficient (Wildman–Crippen LogP) is 3.25. The molecule has 3 rings (SSSR count). The van der Waals surface area contributed by atoms with Gasteiger partial charge in [-0.3, -0.25) is 4.89 Å². The maximum absolute atomic E-state index is 11.7. The second-order valence-corrected chi connectivity index (χ2v) is 6.42. The summed E-state index contributed by atoms with van der Waals surface area (Å²) in [7, 11) is 0. The van der Waals surface area contributed by atoms with Crippen LogP contribution in [0.3, 0.4) is 0 Å². The number of carbonyl (C=O) groups is 1. The van der Waals surface area contributed by atoms with Crippen molar-refractivity contribution in [3.63, 3.8) is 0 Å².